The molecule has 0 aliphatic rings. The number of carboxylic acids is 1. The number of carbonyl (C=O) groups is 2. The van der Waals surface area contributed by atoms with E-state index in [2.05, 4.69) is 38.6 Å². The fourth-order valence-corrected chi connectivity index (χ4v) is 5.94. The van der Waals surface area contributed by atoms with E-state index in [1.54, 1.807) is 6.92 Å². The normalized spacial score (nSPS) is 15.0. The number of carbonyl (C=O) groups excluding carboxylic acids is 1. The number of benzene rings is 1. The van der Waals surface area contributed by atoms with Crippen LogP contribution in [0.2, 0.25) is 18.1 Å². The van der Waals surface area contributed by atoms with Gasteiger partial charge in [0.25, 0.3) is 5.69 Å². The van der Waals surface area contributed by atoms with Gasteiger partial charge in [0, 0.05) is 31.8 Å². The minimum absolute atomic E-state index is 0.134. The van der Waals surface area contributed by atoms with E-state index in [4.69, 9.17) is 4.43 Å². The van der Waals surface area contributed by atoms with E-state index in [1.807, 2.05) is 6.92 Å². The van der Waals surface area contributed by atoms with Crippen LogP contribution in [0.15, 0.2) is 29.2 Å². The van der Waals surface area contributed by atoms with Crippen LogP contribution in [0, 0.1) is 16.0 Å². The molecule has 0 aromatic heterocycles. The Morgan fingerprint density at radius 2 is 1.76 bits per heavy atom. The van der Waals surface area contributed by atoms with Crippen LogP contribution < -0.4 is 4.72 Å². The maximum absolute atomic E-state index is 13.5. The molecular formula is C24H41N3O8SSi. The van der Waals surface area contributed by atoms with Crippen LogP contribution in [-0.2, 0) is 24.0 Å². The molecule has 0 spiro atoms. The summed E-state index contributed by atoms with van der Waals surface area (Å²) < 4.78 is 34.3. The molecule has 1 aromatic carbocycles. The van der Waals surface area contributed by atoms with Crippen molar-refractivity contribution in [2.24, 2.45) is 5.92 Å². The molecule has 0 unspecified atom stereocenters. The van der Waals surface area contributed by atoms with Gasteiger partial charge >= 0.3 is 5.97 Å². The molecule has 1 aromatic rings. The first-order valence-corrected chi connectivity index (χ1v) is 16.6. The van der Waals surface area contributed by atoms with Crippen LogP contribution in [0.4, 0.5) is 5.69 Å². The second-order valence-electron chi connectivity index (χ2n) is 10.8. The van der Waals surface area contributed by atoms with Crippen molar-refractivity contribution in [1.29, 1.82) is 0 Å². The summed E-state index contributed by atoms with van der Waals surface area (Å²) in [4.78, 5) is 36.6. The van der Waals surface area contributed by atoms with Gasteiger partial charge in [-0.25, -0.2) is 13.1 Å². The van der Waals surface area contributed by atoms with Crippen LogP contribution in [-0.4, -0.2) is 69.3 Å². The summed E-state index contributed by atoms with van der Waals surface area (Å²) in [5, 5.41) is 20.2. The Bertz CT molecular complexity index is 1050. The summed E-state index contributed by atoms with van der Waals surface area (Å²) >= 11 is 0. The second kappa shape index (κ2) is 12.9. The smallest absolute Gasteiger partial charge is 0.304 e. The monoisotopic (exact) mass is 559 g/mol. The first-order chi connectivity index (χ1) is 16.8. The first-order valence-electron chi connectivity index (χ1n) is 12.2. The maximum atomic E-state index is 13.5. The predicted molar refractivity (Wildman–Crippen MR) is 143 cm³/mol. The van der Waals surface area contributed by atoms with Crippen molar-refractivity contribution in [2.75, 3.05) is 13.6 Å². The Kier molecular flexibility index (Phi) is 11.4. The number of nitro benzene ring substituents is 1. The molecule has 0 bridgehead atoms. The van der Waals surface area contributed by atoms with Crippen LogP contribution in [0.1, 0.15) is 53.9 Å². The van der Waals surface area contributed by atoms with Gasteiger partial charge in [0.05, 0.1) is 28.3 Å². The molecule has 0 fully saturated rings. The summed E-state index contributed by atoms with van der Waals surface area (Å²) in [6.07, 6.45) is 0.243. The van der Waals surface area contributed by atoms with Crippen LogP contribution >= 0.6 is 0 Å². The van der Waals surface area contributed by atoms with Crippen LogP contribution in [0.25, 0.3) is 0 Å². The summed E-state index contributed by atoms with van der Waals surface area (Å²) in [5.74, 6) is -2.47. The number of aliphatic carboxylic acids is 1. The Balaban J connectivity index is 3.08. The number of likely N-dealkylation sites (N-methyl/N-ethyl adjacent to an activating group) is 1. The average molecular weight is 560 g/mol. The number of nitrogens with one attached hydrogen (secondary N) is 1. The number of nitrogens with zero attached hydrogens (tertiary/aromatic N) is 2. The van der Waals surface area contributed by atoms with Gasteiger partial charge in [-0.2, -0.15) is 0 Å². The lowest BCUT2D eigenvalue weighted by Gasteiger charge is -2.42. The van der Waals surface area contributed by atoms with E-state index in [0.717, 1.165) is 24.3 Å². The largest absolute Gasteiger partial charge is 0.481 e. The zero-order valence-electron chi connectivity index (χ0n) is 23.0. The van der Waals surface area contributed by atoms with Crippen LogP contribution in [0.3, 0.4) is 0 Å². The summed E-state index contributed by atoms with van der Waals surface area (Å²) in [5.41, 5.74) is -0.233. The molecule has 0 saturated carbocycles. The fourth-order valence-electron chi connectivity index (χ4n) is 3.42. The third-order valence-corrected chi connectivity index (χ3v) is 12.9. The Morgan fingerprint density at radius 1 is 1.22 bits per heavy atom. The molecule has 2 N–H and O–H groups in total. The van der Waals surface area contributed by atoms with Gasteiger partial charge in [-0.15, -0.1) is 0 Å². The van der Waals surface area contributed by atoms with E-state index in [0.29, 0.717) is 12.8 Å². The topological polar surface area (TPSA) is 156 Å². The average Bonchev–Trinajstić information content (AvgIpc) is 2.78. The van der Waals surface area contributed by atoms with Gasteiger partial charge in [-0.05, 0) is 43.6 Å². The van der Waals surface area contributed by atoms with E-state index in [9.17, 15) is 33.2 Å². The number of amides is 1. The Labute approximate surface area is 220 Å². The van der Waals surface area contributed by atoms with Gasteiger partial charge in [0.15, 0.2) is 8.32 Å². The van der Waals surface area contributed by atoms with Crippen molar-refractivity contribution in [3.05, 3.63) is 34.4 Å². The highest BCUT2D eigenvalue weighted by Gasteiger charge is 2.43. The lowest BCUT2D eigenvalue weighted by Crippen LogP contribution is -2.51. The summed E-state index contributed by atoms with van der Waals surface area (Å²) in [7, 11) is -4.79. The molecule has 0 aliphatic heterocycles. The van der Waals surface area contributed by atoms with Gasteiger partial charge in [-0.1, -0.05) is 34.1 Å². The van der Waals surface area contributed by atoms with Gasteiger partial charge in [0.2, 0.25) is 15.9 Å². The highest BCUT2D eigenvalue weighted by atomic mass is 32.2. The van der Waals surface area contributed by atoms with Crippen molar-refractivity contribution in [3.8, 4) is 0 Å². The van der Waals surface area contributed by atoms with E-state index < -0.39 is 59.6 Å². The van der Waals surface area contributed by atoms with E-state index >= 15 is 0 Å². The lowest BCUT2D eigenvalue weighted by atomic mass is 9.93. The molecule has 11 nitrogen and oxygen atoms in total. The summed E-state index contributed by atoms with van der Waals surface area (Å²) in [6.45, 7) is 13.8. The number of hydrogen-bond donors (Lipinski definition) is 2. The van der Waals surface area contributed by atoms with Crippen molar-refractivity contribution < 1.29 is 32.5 Å². The minimum Gasteiger partial charge on any atom is -0.481 e. The predicted octanol–water partition coefficient (Wildman–Crippen LogP) is 4.00. The molecule has 13 heteroatoms. The minimum atomic E-state index is -3.99. The number of hydrogen-bond acceptors (Lipinski definition) is 7. The molecule has 0 saturated heterocycles. The number of non-ortho nitro benzene ring substituents is 1. The van der Waals surface area contributed by atoms with Crippen LogP contribution in [0.5, 0.6) is 0 Å². The van der Waals surface area contributed by atoms with Crippen molar-refractivity contribution in [3.63, 3.8) is 0 Å². The molecule has 0 aliphatic carbocycles. The number of sulfonamides is 1. The third-order valence-electron chi connectivity index (χ3n) is 6.92. The van der Waals surface area contributed by atoms with E-state index in [-0.39, 0.29) is 22.2 Å². The second-order valence-corrected chi connectivity index (χ2v) is 17.3. The zero-order valence-corrected chi connectivity index (χ0v) is 24.8. The first kappa shape index (κ1) is 32.7. The third kappa shape index (κ3) is 9.16. The van der Waals surface area contributed by atoms with Crippen molar-refractivity contribution >= 4 is 35.9 Å². The Morgan fingerprint density at radius 3 is 2.19 bits per heavy atom. The molecule has 3 atom stereocenters. The highest BCUT2D eigenvalue weighted by molar-refractivity contribution is 7.89. The molecule has 0 radical (unpaired) electrons. The Hall–Kier alpha value is -2.35. The quantitative estimate of drug-likeness (QED) is 0.197. The van der Waals surface area contributed by atoms with Gasteiger partial charge in [-0.3, -0.25) is 19.7 Å². The number of carboxylic acid groups (broad SMARTS) is 1. The molecule has 1 rings (SSSR count). The van der Waals surface area contributed by atoms with Crippen molar-refractivity contribution in [1.82, 2.24) is 9.62 Å². The van der Waals surface area contributed by atoms with Gasteiger partial charge in [0.1, 0.15) is 0 Å². The highest BCUT2D eigenvalue weighted by Crippen LogP contribution is 2.39. The number of rotatable bonds is 14. The molecule has 210 valence electrons. The number of nitro groups is 1. The molecule has 37 heavy (non-hydrogen) atoms. The molecular weight excluding hydrogens is 518 g/mol. The maximum Gasteiger partial charge on any atom is 0.304 e. The molecule has 1 amide bonds. The SMILES string of the molecule is CCC[C@@H](O[Si](C)(C)C(C)(C)C)[C@H](CC(=O)O)C(=O)N(C)[C@@H](C)CNS(=O)(=O)c1ccc([N+](=O)[O-])cc1. The van der Waals surface area contributed by atoms with Crippen molar-refractivity contribution in [2.45, 2.75) is 89.1 Å². The fraction of sp³-hybridized carbons (Fsp3) is 0.667. The summed E-state index contributed by atoms with van der Waals surface area (Å²) in [6, 6.07) is 3.86. The standard InChI is InChI=1S/C24H41N3O8SSi/c1-9-10-21(35-37(7,8)24(3,4)5)20(15-22(28)29)23(30)26(6)17(2)16-25-36(33,34)19-13-11-18(12-14-19)27(31)32/h11-14,17,20-21,25H,9-10,15-16H2,1-8H3,(H,28,29)/t17-,20-,21+/m0/s1. The van der Waals surface area contributed by atoms with E-state index in [1.165, 1.54) is 11.9 Å². The molecule has 0 heterocycles. The lowest BCUT2D eigenvalue weighted by molar-refractivity contribution is -0.384. The zero-order chi connectivity index (χ0) is 28.8. The van der Waals surface area contributed by atoms with Gasteiger partial charge < -0.3 is 14.4 Å².